The van der Waals surface area contributed by atoms with Gasteiger partial charge in [0.1, 0.15) is 12.1 Å². The highest BCUT2D eigenvalue weighted by atomic mass is 32.2. The smallest absolute Gasteiger partial charge is 0.409 e. The Bertz CT molecular complexity index is 1420. The number of morpholine rings is 1. The largest absolute Gasteiger partial charge is 0.449 e. The number of likely N-dealkylation sites (tertiary alicyclic amines) is 1. The van der Waals surface area contributed by atoms with Crippen molar-refractivity contribution in [1.29, 1.82) is 0 Å². The number of hydrogen-bond acceptors (Lipinski definition) is 9. The lowest BCUT2D eigenvalue weighted by molar-refractivity contribution is 0.0860. The zero-order valence-electron chi connectivity index (χ0n) is 22.2. The summed E-state index contributed by atoms with van der Waals surface area (Å²) in [6, 6.07) is 7.68. The molecule has 0 radical (unpaired) electrons. The Kier molecular flexibility index (Phi) is 8.12. The number of rotatable bonds is 7. The van der Waals surface area contributed by atoms with Gasteiger partial charge >= 0.3 is 6.09 Å². The second-order valence-corrected chi connectivity index (χ2v) is 12.3. The van der Waals surface area contributed by atoms with E-state index in [1.165, 1.54) is 6.20 Å². The maximum atomic E-state index is 13.2. The molecule has 1 aromatic carbocycles. The van der Waals surface area contributed by atoms with Crippen LogP contribution in [0.25, 0.3) is 22.0 Å². The van der Waals surface area contributed by atoms with Gasteiger partial charge < -0.3 is 19.3 Å². The van der Waals surface area contributed by atoms with Crippen molar-refractivity contribution in [3.63, 3.8) is 0 Å². The second-order valence-electron chi connectivity index (χ2n) is 10.3. The highest BCUT2D eigenvalue weighted by molar-refractivity contribution is 7.93. The molecule has 0 atom stereocenters. The third-order valence-electron chi connectivity index (χ3n) is 6.94. The molecule has 1 N–H and O–H groups in total. The van der Waals surface area contributed by atoms with Crippen molar-refractivity contribution in [2.45, 2.75) is 31.9 Å². The molecule has 0 spiro atoms. The molecule has 0 aliphatic carbocycles. The standard InChI is InChI=1S/C27H34N6O5S/c1-19(2)17-38-27(34)33-7-5-23(6-8-33)39(35,36)31-22-13-21(15-28-16-22)20-3-4-25-24(14-20)26(30-18-29-25)32-9-11-37-12-10-32/h3-4,13-16,18-19,23,31H,5-12,17H2,1-2H3. The number of piperidine rings is 1. The van der Waals surface area contributed by atoms with Gasteiger partial charge in [0.05, 0.1) is 42.5 Å². The zero-order valence-corrected chi connectivity index (χ0v) is 23.1. The second kappa shape index (κ2) is 11.7. The highest BCUT2D eigenvalue weighted by Crippen LogP contribution is 2.30. The van der Waals surface area contributed by atoms with Crippen molar-refractivity contribution in [1.82, 2.24) is 19.9 Å². The number of benzene rings is 1. The van der Waals surface area contributed by atoms with Gasteiger partial charge in [-0.3, -0.25) is 9.71 Å². The maximum absolute atomic E-state index is 13.2. The Morgan fingerprint density at radius 1 is 1.08 bits per heavy atom. The molecule has 5 rings (SSSR count). The molecule has 1 amide bonds. The van der Waals surface area contributed by atoms with Crippen LogP contribution in [0.1, 0.15) is 26.7 Å². The van der Waals surface area contributed by atoms with Crippen LogP contribution in [0.4, 0.5) is 16.3 Å². The number of sulfonamides is 1. The van der Waals surface area contributed by atoms with Crippen molar-refractivity contribution in [2.75, 3.05) is 55.6 Å². The number of nitrogens with zero attached hydrogens (tertiary/aromatic N) is 5. The summed E-state index contributed by atoms with van der Waals surface area (Å²) in [5.41, 5.74) is 2.88. The van der Waals surface area contributed by atoms with Gasteiger partial charge in [0.15, 0.2) is 0 Å². The third kappa shape index (κ3) is 6.39. The number of aromatic nitrogens is 3. The molecule has 0 bridgehead atoms. The van der Waals surface area contributed by atoms with E-state index in [2.05, 4.69) is 24.6 Å². The van der Waals surface area contributed by atoms with E-state index >= 15 is 0 Å². The van der Waals surface area contributed by atoms with Crippen LogP contribution in [-0.2, 0) is 19.5 Å². The molecule has 39 heavy (non-hydrogen) atoms. The summed E-state index contributed by atoms with van der Waals surface area (Å²) < 4.78 is 39.8. The van der Waals surface area contributed by atoms with Gasteiger partial charge in [0.2, 0.25) is 10.0 Å². The molecule has 2 saturated heterocycles. The van der Waals surface area contributed by atoms with Gasteiger partial charge in [-0.25, -0.2) is 23.2 Å². The minimum atomic E-state index is -3.67. The summed E-state index contributed by atoms with van der Waals surface area (Å²) in [7, 11) is -3.67. The van der Waals surface area contributed by atoms with Crippen LogP contribution in [0, 0.1) is 5.92 Å². The number of nitrogens with one attached hydrogen (secondary N) is 1. The van der Waals surface area contributed by atoms with E-state index in [9.17, 15) is 13.2 Å². The number of pyridine rings is 1. The fraction of sp³-hybridized carbons (Fsp3) is 0.481. The summed E-state index contributed by atoms with van der Waals surface area (Å²) in [5.74, 6) is 1.10. The number of carbonyl (C=O) groups is 1. The van der Waals surface area contributed by atoms with E-state index in [-0.39, 0.29) is 12.0 Å². The molecule has 3 aromatic rings. The van der Waals surface area contributed by atoms with Crippen LogP contribution in [0.3, 0.4) is 0 Å². The number of ether oxygens (including phenoxy) is 2. The van der Waals surface area contributed by atoms with E-state index in [1.807, 2.05) is 32.0 Å². The lowest BCUT2D eigenvalue weighted by Crippen LogP contribution is -2.44. The lowest BCUT2D eigenvalue weighted by atomic mass is 10.0. The quantitative estimate of drug-likeness (QED) is 0.467. The van der Waals surface area contributed by atoms with E-state index in [1.54, 1.807) is 23.5 Å². The molecule has 2 aliphatic rings. The van der Waals surface area contributed by atoms with E-state index in [4.69, 9.17) is 9.47 Å². The first-order valence-electron chi connectivity index (χ1n) is 13.3. The molecule has 11 nitrogen and oxygen atoms in total. The Hall–Kier alpha value is -3.51. The average molecular weight is 555 g/mol. The molecule has 2 fully saturated rings. The highest BCUT2D eigenvalue weighted by Gasteiger charge is 2.32. The van der Waals surface area contributed by atoms with Gasteiger partial charge in [0.25, 0.3) is 0 Å². The summed E-state index contributed by atoms with van der Waals surface area (Å²) >= 11 is 0. The molecule has 0 saturated carbocycles. The molecule has 2 aliphatic heterocycles. The lowest BCUT2D eigenvalue weighted by Gasteiger charge is -2.31. The van der Waals surface area contributed by atoms with E-state index in [0.717, 1.165) is 40.9 Å². The van der Waals surface area contributed by atoms with Crippen LogP contribution < -0.4 is 9.62 Å². The Balaban J connectivity index is 1.29. The summed E-state index contributed by atoms with van der Waals surface area (Å²) in [6.07, 6.45) is 5.08. The van der Waals surface area contributed by atoms with Crippen molar-refractivity contribution in [2.24, 2.45) is 5.92 Å². The summed E-state index contributed by atoms with van der Waals surface area (Å²) in [4.78, 5) is 29.2. The number of carbonyl (C=O) groups excluding carboxylic acids is 1. The first-order chi connectivity index (χ1) is 18.8. The average Bonchev–Trinajstić information content (AvgIpc) is 2.95. The zero-order chi connectivity index (χ0) is 27.4. The fourth-order valence-electron chi connectivity index (χ4n) is 4.83. The predicted octanol–water partition coefficient (Wildman–Crippen LogP) is 3.53. The van der Waals surface area contributed by atoms with Crippen molar-refractivity contribution >= 4 is 38.5 Å². The minimum Gasteiger partial charge on any atom is -0.449 e. The van der Waals surface area contributed by atoms with Crippen LogP contribution in [-0.4, -0.2) is 85.6 Å². The maximum Gasteiger partial charge on any atom is 0.409 e. The van der Waals surface area contributed by atoms with Gasteiger partial charge in [0, 0.05) is 43.3 Å². The first-order valence-corrected chi connectivity index (χ1v) is 14.8. The number of anilines is 2. The monoisotopic (exact) mass is 554 g/mol. The van der Waals surface area contributed by atoms with Gasteiger partial charge in [-0.2, -0.15) is 0 Å². The van der Waals surface area contributed by atoms with Gasteiger partial charge in [-0.15, -0.1) is 0 Å². The predicted molar refractivity (Wildman–Crippen MR) is 149 cm³/mol. The third-order valence-corrected chi connectivity index (χ3v) is 8.81. The van der Waals surface area contributed by atoms with E-state index in [0.29, 0.717) is 51.4 Å². The minimum absolute atomic E-state index is 0.246. The Morgan fingerprint density at radius 2 is 1.85 bits per heavy atom. The van der Waals surface area contributed by atoms with Gasteiger partial charge in [-0.05, 0) is 42.5 Å². The van der Waals surface area contributed by atoms with Crippen LogP contribution in [0.15, 0.2) is 43.0 Å². The molecule has 12 heteroatoms. The Labute approximate surface area is 228 Å². The molecule has 208 valence electrons. The molecule has 4 heterocycles. The number of fused-ring (bicyclic) bond motifs is 1. The SMILES string of the molecule is CC(C)COC(=O)N1CCC(S(=O)(=O)Nc2cncc(-c3ccc4ncnc(N5CCOCC5)c4c3)c2)CC1. The van der Waals surface area contributed by atoms with Crippen LogP contribution in [0.5, 0.6) is 0 Å². The van der Waals surface area contributed by atoms with Crippen molar-refractivity contribution < 1.29 is 22.7 Å². The molecular weight excluding hydrogens is 520 g/mol. The number of hydrogen-bond donors (Lipinski definition) is 1. The topological polar surface area (TPSA) is 127 Å². The number of amides is 1. The normalized spacial score (nSPS) is 17.0. The fourth-order valence-corrected chi connectivity index (χ4v) is 6.27. The summed E-state index contributed by atoms with van der Waals surface area (Å²) in [5, 5.41) is 0.311. The molecule has 2 aromatic heterocycles. The van der Waals surface area contributed by atoms with E-state index < -0.39 is 15.3 Å². The van der Waals surface area contributed by atoms with Crippen LogP contribution in [0.2, 0.25) is 0 Å². The summed E-state index contributed by atoms with van der Waals surface area (Å²) in [6.45, 7) is 7.78. The van der Waals surface area contributed by atoms with Gasteiger partial charge in [-0.1, -0.05) is 19.9 Å². The Morgan fingerprint density at radius 3 is 2.59 bits per heavy atom. The molecular formula is C27H34N6O5S. The first kappa shape index (κ1) is 27.1. The van der Waals surface area contributed by atoms with Crippen LogP contribution >= 0.6 is 0 Å². The van der Waals surface area contributed by atoms with Crippen molar-refractivity contribution in [3.8, 4) is 11.1 Å². The van der Waals surface area contributed by atoms with Crippen molar-refractivity contribution in [3.05, 3.63) is 43.0 Å². The molecule has 0 unspecified atom stereocenters.